The molecular formula is C7H12. The fourth-order valence-corrected chi connectivity index (χ4v) is 2.00. The summed E-state index contributed by atoms with van der Waals surface area (Å²) in [6.07, 6.45) is 3.07. The molecule has 2 aliphatic carbocycles. The molecule has 0 aromatic heterocycles. The summed E-state index contributed by atoms with van der Waals surface area (Å²) >= 11 is 0. The lowest BCUT2D eigenvalue weighted by Crippen LogP contribution is -1.66. The molecule has 0 nitrogen and oxygen atoms in total. The Balaban J connectivity index is 2.17. The molecule has 2 saturated carbocycles. The Labute approximate surface area is 44.9 Å². The van der Waals surface area contributed by atoms with Gasteiger partial charge in [-0.05, 0) is 30.1 Å². The SMILES string of the molecule is C[C@@H]1[C@@H](C)C12CC2. The van der Waals surface area contributed by atoms with E-state index in [0.717, 1.165) is 17.3 Å². The van der Waals surface area contributed by atoms with Crippen LogP contribution < -0.4 is 0 Å². The van der Waals surface area contributed by atoms with Crippen molar-refractivity contribution in [2.45, 2.75) is 26.7 Å². The highest BCUT2D eigenvalue weighted by Crippen LogP contribution is 2.74. The van der Waals surface area contributed by atoms with E-state index in [1.165, 1.54) is 12.8 Å². The Hall–Kier alpha value is 0. The molecule has 7 heavy (non-hydrogen) atoms. The molecular weight excluding hydrogens is 84.1 g/mol. The van der Waals surface area contributed by atoms with Gasteiger partial charge in [-0.3, -0.25) is 0 Å². The van der Waals surface area contributed by atoms with Crippen molar-refractivity contribution in [3.63, 3.8) is 0 Å². The van der Waals surface area contributed by atoms with Crippen molar-refractivity contribution in [3.8, 4) is 0 Å². The van der Waals surface area contributed by atoms with E-state index in [2.05, 4.69) is 13.8 Å². The molecule has 0 heteroatoms. The number of hydrogen-bond acceptors (Lipinski definition) is 0. The van der Waals surface area contributed by atoms with E-state index in [1.54, 1.807) is 0 Å². The van der Waals surface area contributed by atoms with Crippen LogP contribution >= 0.6 is 0 Å². The summed E-state index contributed by atoms with van der Waals surface area (Å²) in [7, 11) is 0. The number of rotatable bonds is 0. The molecule has 0 N–H and O–H groups in total. The molecule has 0 aliphatic heterocycles. The molecule has 1 spiro atoms. The minimum Gasteiger partial charge on any atom is -0.0617 e. The largest absolute Gasteiger partial charge is 0.0617 e. The second-order valence-electron chi connectivity index (χ2n) is 3.31. The Bertz CT molecular complexity index is 90.6. The Morgan fingerprint density at radius 3 is 1.57 bits per heavy atom. The molecule has 0 bridgehead atoms. The molecule has 0 aromatic carbocycles. The molecule has 0 unspecified atom stereocenters. The summed E-state index contributed by atoms with van der Waals surface area (Å²) < 4.78 is 0. The zero-order valence-corrected chi connectivity index (χ0v) is 5.07. The lowest BCUT2D eigenvalue weighted by molar-refractivity contribution is 0.756. The van der Waals surface area contributed by atoms with Crippen LogP contribution in [-0.4, -0.2) is 0 Å². The van der Waals surface area contributed by atoms with Crippen LogP contribution in [0.5, 0.6) is 0 Å². The van der Waals surface area contributed by atoms with Gasteiger partial charge in [0.1, 0.15) is 0 Å². The van der Waals surface area contributed by atoms with Gasteiger partial charge in [-0.1, -0.05) is 13.8 Å². The summed E-state index contributed by atoms with van der Waals surface area (Å²) in [6, 6.07) is 0. The van der Waals surface area contributed by atoms with Crippen LogP contribution in [0.3, 0.4) is 0 Å². The summed E-state index contributed by atoms with van der Waals surface area (Å²) in [5.41, 5.74) is 0.917. The van der Waals surface area contributed by atoms with Crippen molar-refractivity contribution < 1.29 is 0 Å². The molecule has 2 rings (SSSR count). The first-order chi connectivity index (χ1) is 3.27. The highest BCUT2D eigenvalue weighted by atomic mass is 14.7. The van der Waals surface area contributed by atoms with Gasteiger partial charge >= 0.3 is 0 Å². The van der Waals surface area contributed by atoms with Crippen molar-refractivity contribution in [1.29, 1.82) is 0 Å². The molecule has 2 fully saturated rings. The summed E-state index contributed by atoms with van der Waals surface area (Å²) in [5.74, 6) is 2.15. The van der Waals surface area contributed by atoms with Gasteiger partial charge in [0.25, 0.3) is 0 Å². The van der Waals surface area contributed by atoms with E-state index in [-0.39, 0.29) is 0 Å². The molecule has 0 aromatic rings. The van der Waals surface area contributed by atoms with E-state index in [9.17, 15) is 0 Å². The summed E-state index contributed by atoms with van der Waals surface area (Å²) in [4.78, 5) is 0. The van der Waals surface area contributed by atoms with Gasteiger partial charge < -0.3 is 0 Å². The van der Waals surface area contributed by atoms with Gasteiger partial charge in [0.2, 0.25) is 0 Å². The lowest BCUT2D eigenvalue weighted by Gasteiger charge is -1.73. The van der Waals surface area contributed by atoms with Crippen LogP contribution in [0, 0.1) is 17.3 Å². The quantitative estimate of drug-likeness (QED) is 0.433. The van der Waals surface area contributed by atoms with Crippen LogP contribution in [-0.2, 0) is 0 Å². The molecule has 0 amide bonds. The highest BCUT2D eigenvalue weighted by Gasteiger charge is 2.66. The summed E-state index contributed by atoms with van der Waals surface area (Å²) in [6.45, 7) is 4.77. The fourth-order valence-electron chi connectivity index (χ4n) is 2.00. The van der Waals surface area contributed by atoms with Gasteiger partial charge in [-0.2, -0.15) is 0 Å². The van der Waals surface area contributed by atoms with Crippen molar-refractivity contribution in [2.75, 3.05) is 0 Å². The Morgan fingerprint density at radius 2 is 1.57 bits per heavy atom. The standard InChI is InChI=1S/C7H12/c1-5-6(2)7(5)3-4-7/h5-6H,3-4H2,1-2H3/t5-,6-/m1/s1. The van der Waals surface area contributed by atoms with E-state index in [4.69, 9.17) is 0 Å². The molecule has 40 valence electrons. The Kier molecular flexibility index (Phi) is 0.430. The van der Waals surface area contributed by atoms with Gasteiger partial charge in [0, 0.05) is 0 Å². The van der Waals surface area contributed by atoms with E-state index >= 15 is 0 Å². The third-order valence-corrected chi connectivity index (χ3v) is 3.28. The first-order valence-electron chi connectivity index (χ1n) is 3.27. The zero-order valence-electron chi connectivity index (χ0n) is 5.07. The average Bonchev–Trinajstić information content (AvgIpc) is 2.47. The predicted molar refractivity (Wildman–Crippen MR) is 30.0 cm³/mol. The van der Waals surface area contributed by atoms with Crippen molar-refractivity contribution in [1.82, 2.24) is 0 Å². The normalized spacial score (nSPS) is 52.3. The van der Waals surface area contributed by atoms with Crippen molar-refractivity contribution in [2.24, 2.45) is 17.3 Å². The zero-order chi connectivity index (χ0) is 5.07. The van der Waals surface area contributed by atoms with Crippen LogP contribution in [0.25, 0.3) is 0 Å². The summed E-state index contributed by atoms with van der Waals surface area (Å²) in [5, 5.41) is 0. The number of hydrogen-bond donors (Lipinski definition) is 0. The first-order valence-corrected chi connectivity index (χ1v) is 3.27. The van der Waals surface area contributed by atoms with Gasteiger partial charge in [0.05, 0.1) is 0 Å². The van der Waals surface area contributed by atoms with Gasteiger partial charge in [-0.15, -0.1) is 0 Å². The smallest absolute Gasteiger partial charge is 0.0240 e. The van der Waals surface area contributed by atoms with E-state index < -0.39 is 0 Å². The van der Waals surface area contributed by atoms with Crippen LogP contribution in [0.1, 0.15) is 26.7 Å². The van der Waals surface area contributed by atoms with Crippen LogP contribution in [0.15, 0.2) is 0 Å². The fraction of sp³-hybridized carbons (Fsp3) is 1.00. The molecule has 2 aliphatic rings. The maximum Gasteiger partial charge on any atom is -0.0240 e. The van der Waals surface area contributed by atoms with Gasteiger partial charge in [-0.25, -0.2) is 0 Å². The van der Waals surface area contributed by atoms with Crippen molar-refractivity contribution in [3.05, 3.63) is 0 Å². The molecule has 0 radical (unpaired) electrons. The van der Waals surface area contributed by atoms with Crippen molar-refractivity contribution >= 4 is 0 Å². The molecule has 2 atom stereocenters. The van der Waals surface area contributed by atoms with E-state index in [1.807, 2.05) is 0 Å². The minimum atomic E-state index is 0.917. The van der Waals surface area contributed by atoms with Crippen LogP contribution in [0.2, 0.25) is 0 Å². The highest BCUT2D eigenvalue weighted by molar-refractivity contribution is 5.15. The molecule has 0 heterocycles. The minimum absolute atomic E-state index is 0.917. The topological polar surface area (TPSA) is 0 Å². The van der Waals surface area contributed by atoms with Crippen LogP contribution in [0.4, 0.5) is 0 Å². The third kappa shape index (κ3) is 0.266. The third-order valence-electron chi connectivity index (χ3n) is 3.28. The maximum absolute atomic E-state index is 2.39. The Morgan fingerprint density at radius 1 is 1.14 bits per heavy atom. The second kappa shape index (κ2) is 0.765. The molecule has 0 saturated heterocycles. The van der Waals surface area contributed by atoms with E-state index in [0.29, 0.717) is 0 Å². The first kappa shape index (κ1) is 3.94. The average molecular weight is 96.2 g/mol. The lowest BCUT2D eigenvalue weighted by atomic mass is 10.3. The second-order valence-corrected chi connectivity index (χ2v) is 3.31. The monoisotopic (exact) mass is 96.1 g/mol. The predicted octanol–water partition coefficient (Wildman–Crippen LogP) is 2.05. The maximum atomic E-state index is 2.39. The van der Waals surface area contributed by atoms with Gasteiger partial charge in [0.15, 0.2) is 0 Å².